The van der Waals surface area contributed by atoms with Crippen molar-refractivity contribution in [3.05, 3.63) is 29.8 Å². The van der Waals surface area contributed by atoms with Gasteiger partial charge in [-0.2, -0.15) is 0 Å². The number of Topliss-reactive ketones (excluding diaryl/α,β-unsaturated/α-hetero) is 1. The lowest BCUT2D eigenvalue weighted by Gasteiger charge is -2.30. The fraction of sp³-hybridized carbons (Fsp3) is 0.588. The van der Waals surface area contributed by atoms with Crippen LogP contribution in [0.5, 0.6) is 5.75 Å². The number of hydrogen-bond donors (Lipinski definition) is 0. The van der Waals surface area contributed by atoms with Gasteiger partial charge >= 0.3 is 0 Å². The molecule has 1 aromatic carbocycles. The van der Waals surface area contributed by atoms with Crippen LogP contribution >= 0.6 is 0 Å². The molecule has 0 aliphatic heterocycles. The standard InChI is InChI=1S/C17H26O3/c1-6-17(7-2,19-8-3)16(18)14-9-11-15(12-10-14)20-13(4)5/h9-13H,6-8H2,1-5H3. The summed E-state index contributed by atoms with van der Waals surface area (Å²) in [6.07, 6.45) is 1.49. The maximum absolute atomic E-state index is 12.7. The summed E-state index contributed by atoms with van der Waals surface area (Å²) in [6, 6.07) is 7.32. The number of carbonyl (C=O) groups is 1. The van der Waals surface area contributed by atoms with Crippen molar-refractivity contribution in [1.82, 2.24) is 0 Å². The van der Waals surface area contributed by atoms with Crippen molar-refractivity contribution in [3.8, 4) is 5.75 Å². The van der Waals surface area contributed by atoms with E-state index in [0.717, 1.165) is 5.75 Å². The summed E-state index contributed by atoms with van der Waals surface area (Å²) in [6.45, 7) is 10.4. The van der Waals surface area contributed by atoms with E-state index < -0.39 is 5.60 Å². The van der Waals surface area contributed by atoms with Crippen molar-refractivity contribution < 1.29 is 14.3 Å². The van der Waals surface area contributed by atoms with Gasteiger partial charge in [0, 0.05) is 12.2 Å². The first-order valence-electron chi connectivity index (χ1n) is 7.44. The molecule has 0 spiro atoms. The zero-order chi connectivity index (χ0) is 15.2. The van der Waals surface area contributed by atoms with Gasteiger partial charge in [-0.25, -0.2) is 0 Å². The lowest BCUT2D eigenvalue weighted by Crippen LogP contribution is -2.40. The first-order chi connectivity index (χ1) is 9.49. The van der Waals surface area contributed by atoms with Crippen LogP contribution < -0.4 is 4.74 Å². The van der Waals surface area contributed by atoms with Crippen molar-refractivity contribution >= 4 is 5.78 Å². The normalized spacial score (nSPS) is 11.7. The number of carbonyl (C=O) groups excluding carboxylic acids is 1. The second kappa shape index (κ2) is 7.44. The van der Waals surface area contributed by atoms with E-state index in [4.69, 9.17) is 9.47 Å². The maximum Gasteiger partial charge on any atom is 0.194 e. The van der Waals surface area contributed by atoms with Gasteiger partial charge < -0.3 is 9.47 Å². The van der Waals surface area contributed by atoms with Gasteiger partial charge in [0.05, 0.1) is 6.10 Å². The topological polar surface area (TPSA) is 35.5 Å². The van der Waals surface area contributed by atoms with Crippen LogP contribution in [0.15, 0.2) is 24.3 Å². The molecule has 3 heteroatoms. The van der Waals surface area contributed by atoms with Crippen LogP contribution in [0, 0.1) is 0 Å². The molecule has 20 heavy (non-hydrogen) atoms. The summed E-state index contributed by atoms with van der Waals surface area (Å²) in [5.74, 6) is 0.840. The molecule has 0 saturated heterocycles. The first kappa shape index (κ1) is 16.7. The minimum absolute atomic E-state index is 0.0560. The summed E-state index contributed by atoms with van der Waals surface area (Å²) < 4.78 is 11.4. The Bertz CT molecular complexity index is 416. The Morgan fingerprint density at radius 1 is 1.10 bits per heavy atom. The van der Waals surface area contributed by atoms with Gasteiger partial charge in [0.2, 0.25) is 0 Å². The molecule has 112 valence electrons. The van der Waals surface area contributed by atoms with Gasteiger partial charge in [0.1, 0.15) is 11.4 Å². The summed E-state index contributed by atoms with van der Waals surface area (Å²) in [5.41, 5.74) is -0.0203. The van der Waals surface area contributed by atoms with E-state index in [0.29, 0.717) is 25.0 Å². The molecule has 0 radical (unpaired) electrons. The van der Waals surface area contributed by atoms with Crippen molar-refractivity contribution in [2.75, 3.05) is 6.61 Å². The highest BCUT2D eigenvalue weighted by Gasteiger charge is 2.36. The summed E-state index contributed by atoms with van der Waals surface area (Å²) in [5, 5.41) is 0. The van der Waals surface area contributed by atoms with Gasteiger partial charge in [0.25, 0.3) is 0 Å². The first-order valence-corrected chi connectivity index (χ1v) is 7.44. The monoisotopic (exact) mass is 278 g/mol. The molecule has 0 N–H and O–H groups in total. The van der Waals surface area contributed by atoms with E-state index in [1.54, 1.807) is 0 Å². The number of ketones is 1. The van der Waals surface area contributed by atoms with Gasteiger partial charge in [-0.15, -0.1) is 0 Å². The molecular weight excluding hydrogens is 252 g/mol. The Hall–Kier alpha value is -1.35. The van der Waals surface area contributed by atoms with Crippen molar-refractivity contribution in [3.63, 3.8) is 0 Å². The third-order valence-corrected chi connectivity index (χ3v) is 3.46. The van der Waals surface area contributed by atoms with Crippen LogP contribution in [0.2, 0.25) is 0 Å². The average molecular weight is 278 g/mol. The van der Waals surface area contributed by atoms with Gasteiger partial charge in [-0.05, 0) is 57.9 Å². The Balaban J connectivity index is 2.95. The fourth-order valence-electron chi connectivity index (χ4n) is 2.34. The number of hydrogen-bond acceptors (Lipinski definition) is 3. The van der Waals surface area contributed by atoms with E-state index in [1.165, 1.54) is 0 Å². The third kappa shape index (κ3) is 3.83. The number of rotatable bonds is 8. The van der Waals surface area contributed by atoms with Crippen molar-refractivity contribution in [2.24, 2.45) is 0 Å². The largest absolute Gasteiger partial charge is 0.491 e. The van der Waals surface area contributed by atoms with Gasteiger partial charge in [0.15, 0.2) is 5.78 Å². The SMILES string of the molecule is CCOC(CC)(CC)C(=O)c1ccc(OC(C)C)cc1. The molecule has 0 atom stereocenters. The Labute approximate surface area is 122 Å². The molecule has 0 heterocycles. The highest BCUT2D eigenvalue weighted by atomic mass is 16.5. The van der Waals surface area contributed by atoms with E-state index in [2.05, 4.69) is 0 Å². The van der Waals surface area contributed by atoms with E-state index in [9.17, 15) is 4.79 Å². The molecule has 0 amide bonds. The van der Waals surface area contributed by atoms with Gasteiger partial charge in [-0.3, -0.25) is 4.79 Å². The lowest BCUT2D eigenvalue weighted by molar-refractivity contribution is -0.0250. The van der Waals surface area contributed by atoms with Crippen LogP contribution in [-0.2, 0) is 4.74 Å². The minimum Gasteiger partial charge on any atom is -0.491 e. The number of benzene rings is 1. The van der Waals surface area contributed by atoms with Crippen LogP contribution in [0.3, 0.4) is 0 Å². The molecule has 0 aliphatic carbocycles. The predicted molar refractivity (Wildman–Crippen MR) is 81.5 cm³/mol. The second-order valence-electron chi connectivity index (χ2n) is 5.15. The molecular formula is C17H26O3. The van der Waals surface area contributed by atoms with Crippen molar-refractivity contribution in [2.45, 2.75) is 59.2 Å². The second-order valence-corrected chi connectivity index (χ2v) is 5.15. The lowest BCUT2D eigenvalue weighted by atomic mass is 9.87. The highest BCUT2D eigenvalue weighted by molar-refractivity contribution is 6.02. The summed E-state index contributed by atoms with van der Waals surface area (Å²) >= 11 is 0. The molecule has 3 nitrogen and oxygen atoms in total. The zero-order valence-electron chi connectivity index (χ0n) is 13.2. The Morgan fingerprint density at radius 3 is 2.05 bits per heavy atom. The van der Waals surface area contributed by atoms with Crippen LogP contribution in [0.1, 0.15) is 57.8 Å². The number of ether oxygens (including phenoxy) is 2. The minimum atomic E-state index is -0.699. The van der Waals surface area contributed by atoms with Crippen LogP contribution in [0.4, 0.5) is 0 Å². The zero-order valence-corrected chi connectivity index (χ0v) is 13.2. The van der Waals surface area contributed by atoms with E-state index in [-0.39, 0.29) is 11.9 Å². The Morgan fingerprint density at radius 2 is 1.65 bits per heavy atom. The summed E-state index contributed by atoms with van der Waals surface area (Å²) in [7, 11) is 0. The molecule has 1 rings (SSSR count). The van der Waals surface area contributed by atoms with Crippen LogP contribution in [-0.4, -0.2) is 24.1 Å². The average Bonchev–Trinajstić information content (AvgIpc) is 2.44. The molecule has 0 unspecified atom stereocenters. The van der Waals surface area contributed by atoms with E-state index in [1.807, 2.05) is 58.9 Å². The predicted octanol–water partition coefficient (Wildman–Crippen LogP) is 4.25. The highest BCUT2D eigenvalue weighted by Crippen LogP contribution is 2.27. The third-order valence-electron chi connectivity index (χ3n) is 3.46. The van der Waals surface area contributed by atoms with Gasteiger partial charge in [-0.1, -0.05) is 13.8 Å². The van der Waals surface area contributed by atoms with Crippen molar-refractivity contribution in [1.29, 1.82) is 0 Å². The molecule has 0 saturated carbocycles. The smallest absolute Gasteiger partial charge is 0.194 e. The summed E-state index contributed by atoms with van der Waals surface area (Å²) in [4.78, 5) is 12.7. The molecule has 0 aliphatic rings. The van der Waals surface area contributed by atoms with Crippen LogP contribution in [0.25, 0.3) is 0 Å². The molecule has 0 bridgehead atoms. The molecule has 0 fully saturated rings. The maximum atomic E-state index is 12.7. The van der Waals surface area contributed by atoms with E-state index >= 15 is 0 Å². The molecule has 1 aromatic rings. The molecule has 0 aromatic heterocycles. The Kier molecular flexibility index (Phi) is 6.21. The quantitative estimate of drug-likeness (QED) is 0.667. The fourth-order valence-corrected chi connectivity index (χ4v) is 2.34.